The zero-order valence-corrected chi connectivity index (χ0v) is 17.5. The number of hydrogen-bond donors (Lipinski definition) is 2. The van der Waals surface area contributed by atoms with Gasteiger partial charge in [-0.3, -0.25) is 14.6 Å². The fourth-order valence-corrected chi connectivity index (χ4v) is 4.19. The summed E-state index contributed by atoms with van der Waals surface area (Å²) in [5.74, 6) is 0.0350. The lowest BCUT2D eigenvalue weighted by atomic mass is 9.95. The largest absolute Gasteiger partial charge is 0.343 e. The molecule has 0 bridgehead atoms. The molecule has 0 unspecified atom stereocenters. The van der Waals surface area contributed by atoms with Crippen molar-refractivity contribution in [3.63, 3.8) is 0 Å². The average Bonchev–Trinajstić information content (AvgIpc) is 3.23. The van der Waals surface area contributed by atoms with Gasteiger partial charge >= 0.3 is 0 Å². The molecular formula is C22H23N5O2S. The van der Waals surface area contributed by atoms with E-state index in [-0.39, 0.29) is 17.7 Å². The van der Waals surface area contributed by atoms with E-state index in [2.05, 4.69) is 20.6 Å². The maximum Gasteiger partial charge on any atom is 0.227 e. The molecule has 4 rings (SSSR count). The summed E-state index contributed by atoms with van der Waals surface area (Å²) in [7, 11) is 0. The normalized spacial score (nSPS) is 14.4. The highest BCUT2D eigenvalue weighted by atomic mass is 32.1. The van der Waals surface area contributed by atoms with Crippen LogP contribution in [0.15, 0.2) is 54.2 Å². The summed E-state index contributed by atoms with van der Waals surface area (Å²) in [6.45, 7) is 2.86. The minimum absolute atomic E-state index is 0.0163. The molecule has 0 radical (unpaired) electrons. The van der Waals surface area contributed by atoms with Gasteiger partial charge in [0.15, 0.2) is 5.13 Å². The summed E-state index contributed by atoms with van der Waals surface area (Å²) in [6.07, 6.45) is 4.89. The highest BCUT2D eigenvalue weighted by Crippen LogP contribution is 2.28. The van der Waals surface area contributed by atoms with Crippen molar-refractivity contribution in [2.24, 2.45) is 5.92 Å². The number of likely N-dealkylation sites (tertiary alicyclic amines) is 1. The van der Waals surface area contributed by atoms with Crippen LogP contribution in [-0.2, 0) is 9.59 Å². The van der Waals surface area contributed by atoms with Crippen LogP contribution < -0.4 is 10.6 Å². The Morgan fingerprint density at radius 1 is 1.10 bits per heavy atom. The number of nitrogens with zero attached hydrogens (tertiary/aromatic N) is 3. The van der Waals surface area contributed by atoms with Crippen molar-refractivity contribution in [1.82, 2.24) is 14.9 Å². The van der Waals surface area contributed by atoms with Gasteiger partial charge in [0.25, 0.3) is 0 Å². The molecule has 2 N–H and O–H groups in total. The summed E-state index contributed by atoms with van der Waals surface area (Å²) in [4.78, 5) is 34.5. The van der Waals surface area contributed by atoms with Crippen molar-refractivity contribution in [3.8, 4) is 11.3 Å². The highest BCUT2D eigenvalue weighted by molar-refractivity contribution is 7.14. The van der Waals surface area contributed by atoms with Gasteiger partial charge in [-0.15, -0.1) is 11.3 Å². The van der Waals surface area contributed by atoms with Gasteiger partial charge in [-0.25, -0.2) is 4.98 Å². The quantitative estimate of drug-likeness (QED) is 0.646. The van der Waals surface area contributed by atoms with Crippen LogP contribution in [-0.4, -0.2) is 39.8 Å². The second-order valence-corrected chi connectivity index (χ2v) is 8.11. The Morgan fingerprint density at radius 3 is 2.53 bits per heavy atom. The third-order valence-corrected chi connectivity index (χ3v) is 5.93. The number of hydrogen-bond acceptors (Lipinski definition) is 6. The van der Waals surface area contributed by atoms with Gasteiger partial charge in [-0.1, -0.05) is 12.1 Å². The van der Waals surface area contributed by atoms with E-state index in [1.807, 2.05) is 41.8 Å². The third-order valence-electron chi connectivity index (χ3n) is 5.18. The lowest BCUT2D eigenvalue weighted by Gasteiger charge is -2.30. The summed E-state index contributed by atoms with van der Waals surface area (Å²) < 4.78 is 0. The first-order valence-corrected chi connectivity index (χ1v) is 10.8. The van der Waals surface area contributed by atoms with Crippen LogP contribution in [0.1, 0.15) is 19.8 Å². The first kappa shape index (κ1) is 20.0. The predicted molar refractivity (Wildman–Crippen MR) is 119 cm³/mol. The van der Waals surface area contributed by atoms with Gasteiger partial charge in [0.1, 0.15) is 0 Å². The minimum Gasteiger partial charge on any atom is -0.343 e. The van der Waals surface area contributed by atoms with Crippen molar-refractivity contribution in [2.45, 2.75) is 19.8 Å². The number of thiazole rings is 1. The maximum atomic E-state index is 12.5. The molecule has 8 heteroatoms. The molecular weight excluding hydrogens is 398 g/mol. The molecule has 1 aliphatic heterocycles. The number of amides is 2. The lowest BCUT2D eigenvalue weighted by molar-refractivity contribution is -0.132. The van der Waals surface area contributed by atoms with Gasteiger partial charge in [0.2, 0.25) is 11.8 Å². The topological polar surface area (TPSA) is 87.2 Å². The molecule has 0 aliphatic carbocycles. The maximum absolute atomic E-state index is 12.5. The monoisotopic (exact) mass is 421 g/mol. The van der Waals surface area contributed by atoms with Gasteiger partial charge in [0.05, 0.1) is 17.6 Å². The summed E-state index contributed by atoms with van der Waals surface area (Å²) in [5.41, 5.74) is 3.52. The SMILES string of the molecule is CC(=O)N1CCC(C(=O)Nc2ccc(-c3csc(Nc4cccnc4)n3)cc2)CC1. The number of anilines is 3. The number of pyridine rings is 1. The van der Waals surface area contributed by atoms with Crippen LogP contribution in [0.2, 0.25) is 0 Å². The van der Waals surface area contributed by atoms with Crippen molar-refractivity contribution in [3.05, 3.63) is 54.2 Å². The Kier molecular flexibility index (Phi) is 6.04. The Balaban J connectivity index is 1.34. The van der Waals surface area contributed by atoms with Crippen LogP contribution in [0.4, 0.5) is 16.5 Å². The summed E-state index contributed by atoms with van der Waals surface area (Å²) in [5, 5.41) is 9.03. The number of piperidine rings is 1. The van der Waals surface area contributed by atoms with Crippen LogP contribution in [0, 0.1) is 5.92 Å². The number of rotatable bonds is 5. The second kappa shape index (κ2) is 9.04. The molecule has 0 atom stereocenters. The molecule has 30 heavy (non-hydrogen) atoms. The Morgan fingerprint density at radius 2 is 1.87 bits per heavy atom. The molecule has 154 valence electrons. The first-order valence-electron chi connectivity index (χ1n) is 9.88. The summed E-state index contributed by atoms with van der Waals surface area (Å²) >= 11 is 1.53. The van der Waals surface area contributed by atoms with E-state index in [9.17, 15) is 9.59 Å². The highest BCUT2D eigenvalue weighted by Gasteiger charge is 2.26. The van der Waals surface area contributed by atoms with E-state index in [0.29, 0.717) is 25.9 Å². The number of carbonyl (C=O) groups excluding carboxylic acids is 2. The molecule has 3 aromatic rings. The minimum atomic E-state index is -0.0556. The van der Waals surface area contributed by atoms with E-state index in [0.717, 1.165) is 27.8 Å². The molecule has 3 heterocycles. The Hall–Kier alpha value is -3.26. The zero-order valence-electron chi connectivity index (χ0n) is 16.7. The van der Waals surface area contributed by atoms with E-state index < -0.39 is 0 Å². The molecule has 1 saturated heterocycles. The van der Waals surface area contributed by atoms with Crippen LogP contribution >= 0.6 is 11.3 Å². The molecule has 1 aromatic carbocycles. The van der Waals surface area contributed by atoms with E-state index in [1.165, 1.54) is 11.3 Å². The fraction of sp³-hybridized carbons (Fsp3) is 0.273. The van der Waals surface area contributed by atoms with E-state index in [4.69, 9.17) is 0 Å². The Bertz CT molecular complexity index is 1010. The molecule has 2 amide bonds. The van der Waals surface area contributed by atoms with Crippen LogP contribution in [0.25, 0.3) is 11.3 Å². The number of carbonyl (C=O) groups is 2. The summed E-state index contributed by atoms with van der Waals surface area (Å²) in [6, 6.07) is 11.5. The molecule has 1 fully saturated rings. The predicted octanol–water partition coefficient (Wildman–Crippen LogP) is 4.15. The average molecular weight is 422 g/mol. The Labute approximate surface area is 179 Å². The fourth-order valence-electron chi connectivity index (χ4n) is 3.45. The van der Waals surface area contributed by atoms with Crippen LogP contribution in [0.3, 0.4) is 0 Å². The molecule has 7 nitrogen and oxygen atoms in total. The zero-order chi connectivity index (χ0) is 20.9. The lowest BCUT2D eigenvalue weighted by Crippen LogP contribution is -2.40. The van der Waals surface area contributed by atoms with Crippen molar-refractivity contribution >= 4 is 39.7 Å². The van der Waals surface area contributed by atoms with Gasteiger partial charge < -0.3 is 15.5 Å². The second-order valence-electron chi connectivity index (χ2n) is 7.25. The molecule has 1 aliphatic rings. The van der Waals surface area contributed by atoms with Gasteiger partial charge in [-0.05, 0) is 37.1 Å². The van der Waals surface area contributed by atoms with E-state index >= 15 is 0 Å². The van der Waals surface area contributed by atoms with E-state index in [1.54, 1.807) is 24.2 Å². The third kappa shape index (κ3) is 4.83. The number of nitrogens with one attached hydrogen (secondary N) is 2. The molecule has 0 spiro atoms. The van der Waals surface area contributed by atoms with Crippen molar-refractivity contribution in [2.75, 3.05) is 23.7 Å². The van der Waals surface area contributed by atoms with Gasteiger partial charge in [-0.2, -0.15) is 0 Å². The van der Waals surface area contributed by atoms with Crippen molar-refractivity contribution < 1.29 is 9.59 Å². The standard InChI is InChI=1S/C22H23N5O2S/c1-15(28)27-11-8-17(9-12-27)21(29)24-18-6-4-16(5-7-18)20-14-30-22(26-20)25-19-3-2-10-23-13-19/h2-7,10,13-14,17H,8-9,11-12H2,1H3,(H,24,29)(H,25,26). The smallest absolute Gasteiger partial charge is 0.227 e. The number of benzene rings is 1. The van der Waals surface area contributed by atoms with Crippen LogP contribution in [0.5, 0.6) is 0 Å². The molecule has 0 saturated carbocycles. The van der Waals surface area contributed by atoms with Crippen molar-refractivity contribution in [1.29, 1.82) is 0 Å². The number of aromatic nitrogens is 2. The molecule has 2 aromatic heterocycles. The van der Waals surface area contributed by atoms with Gasteiger partial charge in [0, 0.05) is 48.8 Å². The first-order chi connectivity index (χ1) is 14.6.